The van der Waals surface area contributed by atoms with Crippen molar-refractivity contribution in [1.82, 2.24) is 0 Å². The molecule has 0 amide bonds. The van der Waals surface area contributed by atoms with Crippen LogP contribution >= 0.6 is 0 Å². The highest BCUT2D eigenvalue weighted by molar-refractivity contribution is 6.70. The Hall–Kier alpha value is -0.569. The molecule has 35 heavy (non-hydrogen) atoms. The van der Waals surface area contributed by atoms with Crippen molar-refractivity contribution >= 4 is 25.0 Å². The van der Waals surface area contributed by atoms with E-state index in [0.29, 0.717) is 17.8 Å². The molecule has 0 radical (unpaired) electrons. The zero-order valence-corrected chi connectivity index (χ0v) is 27.7. The van der Waals surface area contributed by atoms with E-state index in [1.165, 1.54) is 37.0 Å². The molecule has 0 aromatic carbocycles. The van der Waals surface area contributed by atoms with E-state index >= 15 is 0 Å². The molecule has 0 saturated heterocycles. The summed E-state index contributed by atoms with van der Waals surface area (Å²) in [4.78, 5) is 0. The minimum Gasteiger partial charge on any atom is -0.547 e. The van der Waals surface area contributed by atoms with Crippen molar-refractivity contribution in [2.24, 2.45) is 28.6 Å². The van der Waals surface area contributed by atoms with E-state index in [4.69, 9.17) is 13.3 Å². The van der Waals surface area contributed by atoms with Gasteiger partial charge in [0, 0.05) is 17.4 Å². The van der Waals surface area contributed by atoms with Crippen molar-refractivity contribution in [2.45, 2.75) is 117 Å². The van der Waals surface area contributed by atoms with Crippen molar-refractivity contribution in [3.8, 4) is 0 Å². The van der Waals surface area contributed by atoms with Crippen LogP contribution in [-0.4, -0.2) is 30.6 Å². The minimum absolute atomic E-state index is 0.00153. The Labute approximate surface area is 219 Å². The lowest BCUT2D eigenvalue weighted by Gasteiger charge is -2.59. The molecule has 0 bridgehead atoms. The quantitative estimate of drug-likeness (QED) is 0.320. The van der Waals surface area contributed by atoms with Crippen LogP contribution < -0.4 is 0 Å². The van der Waals surface area contributed by atoms with Gasteiger partial charge in [-0.2, -0.15) is 0 Å². The molecule has 0 aromatic heterocycles. The third-order valence-electron chi connectivity index (χ3n) is 9.30. The standard InChI is InChI=1S/C29H52O3Si3/c1-27-16-13-21(30-33(4,5)6)19-25(27)26(31-34(7,8)9)20-22-23(27)14-17-28(2)24(22)15-18-29(28,3)32-35(10,11)12/h13,16,19,22-24H,14-15,17-18,20H2,1-12H3/t22?,23?,24?,27?,28?,29-/m1/s1. The summed E-state index contributed by atoms with van der Waals surface area (Å²) in [5.41, 5.74) is 1.66. The van der Waals surface area contributed by atoms with E-state index in [9.17, 15) is 0 Å². The summed E-state index contributed by atoms with van der Waals surface area (Å²) in [6.45, 7) is 28.3. The van der Waals surface area contributed by atoms with Crippen LogP contribution in [0.15, 0.2) is 35.3 Å². The molecule has 4 rings (SSSR count). The van der Waals surface area contributed by atoms with Gasteiger partial charge in [-0.05, 0) is 127 Å². The van der Waals surface area contributed by atoms with Crippen molar-refractivity contribution in [3.63, 3.8) is 0 Å². The molecule has 0 aromatic rings. The van der Waals surface area contributed by atoms with Crippen LogP contribution in [0.5, 0.6) is 0 Å². The first-order valence-electron chi connectivity index (χ1n) is 14.0. The molecule has 0 aliphatic heterocycles. The Bertz CT molecular complexity index is 948. The molecule has 3 nitrogen and oxygen atoms in total. The Morgan fingerprint density at radius 1 is 0.771 bits per heavy atom. The Kier molecular flexibility index (Phi) is 6.65. The highest BCUT2D eigenvalue weighted by atomic mass is 28.4. The fourth-order valence-corrected chi connectivity index (χ4v) is 11.4. The monoisotopic (exact) mass is 532 g/mol. The number of rotatable bonds is 6. The van der Waals surface area contributed by atoms with Crippen LogP contribution in [0.3, 0.4) is 0 Å². The average Bonchev–Trinajstić information content (AvgIpc) is 2.90. The Morgan fingerprint density at radius 3 is 1.94 bits per heavy atom. The SMILES string of the molecule is CC12C=CC(O[Si](C)(C)C)=CC1=C(O[Si](C)(C)C)CC1C2CCC2(C)C1CC[C@@]2(C)O[Si](C)(C)C. The summed E-state index contributed by atoms with van der Waals surface area (Å²) in [7, 11) is -5.07. The van der Waals surface area contributed by atoms with Crippen LogP contribution in [-0.2, 0) is 13.3 Å². The molecule has 6 heteroatoms. The summed E-state index contributed by atoms with van der Waals surface area (Å²) >= 11 is 0. The fourth-order valence-electron chi connectivity index (χ4n) is 7.99. The van der Waals surface area contributed by atoms with Crippen molar-refractivity contribution in [3.05, 3.63) is 35.3 Å². The summed E-state index contributed by atoms with van der Waals surface area (Å²) in [6, 6.07) is 0. The second-order valence-electron chi connectivity index (χ2n) is 15.4. The number of fused-ring (bicyclic) bond motifs is 5. The number of hydrogen-bond donors (Lipinski definition) is 0. The second kappa shape index (κ2) is 8.47. The van der Waals surface area contributed by atoms with Crippen molar-refractivity contribution in [2.75, 3.05) is 0 Å². The van der Waals surface area contributed by atoms with E-state index in [1.807, 2.05) is 0 Å². The second-order valence-corrected chi connectivity index (χ2v) is 28.7. The zero-order chi connectivity index (χ0) is 26.2. The van der Waals surface area contributed by atoms with E-state index < -0.39 is 25.0 Å². The topological polar surface area (TPSA) is 27.7 Å². The van der Waals surface area contributed by atoms with Gasteiger partial charge in [0.25, 0.3) is 0 Å². The highest BCUT2D eigenvalue weighted by Gasteiger charge is 2.64. The first-order chi connectivity index (χ1) is 15.8. The maximum atomic E-state index is 7.00. The molecule has 0 spiro atoms. The molecule has 0 heterocycles. The Morgan fingerprint density at radius 2 is 1.37 bits per heavy atom. The molecule has 0 N–H and O–H groups in total. The molecule has 4 aliphatic rings. The van der Waals surface area contributed by atoms with Gasteiger partial charge in [-0.15, -0.1) is 0 Å². The van der Waals surface area contributed by atoms with Gasteiger partial charge in [0.15, 0.2) is 8.32 Å². The van der Waals surface area contributed by atoms with Gasteiger partial charge in [-0.25, -0.2) is 0 Å². The molecule has 6 atom stereocenters. The lowest BCUT2D eigenvalue weighted by Crippen LogP contribution is -2.56. The molecule has 2 fully saturated rings. The van der Waals surface area contributed by atoms with Gasteiger partial charge >= 0.3 is 0 Å². The molecular formula is C29H52O3Si3. The molecule has 4 aliphatic carbocycles. The van der Waals surface area contributed by atoms with Gasteiger partial charge in [-0.1, -0.05) is 19.9 Å². The van der Waals surface area contributed by atoms with Gasteiger partial charge in [-0.3, -0.25) is 0 Å². The van der Waals surface area contributed by atoms with E-state index in [-0.39, 0.29) is 16.4 Å². The molecule has 198 valence electrons. The van der Waals surface area contributed by atoms with Crippen LogP contribution in [0, 0.1) is 28.6 Å². The number of hydrogen-bond acceptors (Lipinski definition) is 3. The van der Waals surface area contributed by atoms with Crippen molar-refractivity contribution in [1.29, 1.82) is 0 Å². The summed E-state index contributed by atoms with van der Waals surface area (Å²) in [6.07, 6.45) is 13.2. The van der Waals surface area contributed by atoms with Crippen LogP contribution in [0.25, 0.3) is 0 Å². The zero-order valence-electron chi connectivity index (χ0n) is 24.7. The maximum Gasteiger partial charge on any atom is 0.242 e. The van der Waals surface area contributed by atoms with Crippen LogP contribution in [0.1, 0.15) is 52.9 Å². The molecule has 2 saturated carbocycles. The predicted molar refractivity (Wildman–Crippen MR) is 156 cm³/mol. The third kappa shape index (κ3) is 5.11. The highest BCUT2D eigenvalue weighted by Crippen LogP contribution is 2.68. The first kappa shape index (κ1) is 27.5. The fraction of sp³-hybridized carbons (Fsp3) is 0.793. The molecular weight excluding hydrogens is 481 g/mol. The van der Waals surface area contributed by atoms with Crippen LogP contribution in [0.4, 0.5) is 0 Å². The van der Waals surface area contributed by atoms with Gasteiger partial charge < -0.3 is 13.3 Å². The van der Waals surface area contributed by atoms with Gasteiger partial charge in [0.1, 0.15) is 5.76 Å². The first-order valence-corrected chi connectivity index (χ1v) is 24.2. The third-order valence-corrected chi connectivity index (χ3v) is 12.1. The van der Waals surface area contributed by atoms with E-state index in [1.54, 1.807) is 0 Å². The summed E-state index contributed by atoms with van der Waals surface area (Å²) in [5.74, 6) is 4.29. The summed E-state index contributed by atoms with van der Waals surface area (Å²) in [5, 5.41) is 0. The lowest BCUT2D eigenvalue weighted by molar-refractivity contribution is -0.0995. The summed E-state index contributed by atoms with van der Waals surface area (Å²) < 4.78 is 20.4. The predicted octanol–water partition coefficient (Wildman–Crippen LogP) is 8.86. The van der Waals surface area contributed by atoms with Crippen molar-refractivity contribution < 1.29 is 13.3 Å². The number of allylic oxidation sites excluding steroid dienone is 5. The van der Waals surface area contributed by atoms with E-state index in [0.717, 1.165) is 12.2 Å². The normalized spacial score (nSPS) is 39.5. The van der Waals surface area contributed by atoms with Gasteiger partial charge in [0.2, 0.25) is 16.6 Å². The largest absolute Gasteiger partial charge is 0.547 e. The average molecular weight is 533 g/mol. The molecule has 5 unspecified atom stereocenters. The minimum atomic E-state index is -1.75. The lowest BCUT2D eigenvalue weighted by atomic mass is 9.48. The smallest absolute Gasteiger partial charge is 0.242 e. The maximum absolute atomic E-state index is 7.00. The van der Waals surface area contributed by atoms with Crippen LogP contribution in [0.2, 0.25) is 58.9 Å². The van der Waals surface area contributed by atoms with E-state index in [2.05, 4.69) is 97.9 Å². The Balaban J connectivity index is 1.76. The van der Waals surface area contributed by atoms with Gasteiger partial charge in [0.05, 0.1) is 11.4 Å².